The molecule has 0 amide bonds. The fourth-order valence-corrected chi connectivity index (χ4v) is 16.8. The van der Waals surface area contributed by atoms with Gasteiger partial charge in [-0.2, -0.15) is 0 Å². The predicted octanol–water partition coefficient (Wildman–Crippen LogP) is 4.67. The summed E-state index contributed by atoms with van der Waals surface area (Å²) in [7, 11) is 0. The summed E-state index contributed by atoms with van der Waals surface area (Å²) < 4.78 is 15.3. The topological polar surface area (TPSA) is 232 Å². The number of halogens is 1. The third-order valence-electron chi connectivity index (χ3n) is 19.7. The summed E-state index contributed by atoms with van der Waals surface area (Å²) in [4.78, 5) is 85.0. The molecule has 22 heteroatoms. The van der Waals surface area contributed by atoms with Crippen LogP contribution in [0.5, 0.6) is 0 Å². The maximum atomic E-state index is 14.2. The fourth-order valence-electron chi connectivity index (χ4n) is 16.8. The molecule has 8 fully saturated rings. The second-order valence-electron chi connectivity index (χ2n) is 24.8. The van der Waals surface area contributed by atoms with E-state index in [0.717, 1.165) is 60.4 Å². The minimum Gasteiger partial charge on any atom is -1.00 e. The van der Waals surface area contributed by atoms with Gasteiger partial charge in [-0.1, -0.05) is 128 Å². The molecule has 4 aromatic rings. The number of fused-ring (bicyclic) bond motifs is 10. The van der Waals surface area contributed by atoms with Crippen LogP contribution < -0.4 is 119 Å². The first-order valence-corrected chi connectivity index (χ1v) is 33.6. The second kappa shape index (κ2) is 35.8. The summed E-state index contributed by atoms with van der Waals surface area (Å²) >= 11 is 2.29. The Kier molecular flexibility index (Phi) is 29.8. The molecule has 12 rings (SSSR count). The number of piperidine rings is 4. The third kappa shape index (κ3) is 17.6. The van der Waals surface area contributed by atoms with Crippen molar-refractivity contribution >= 4 is 74.5 Å². The van der Waals surface area contributed by atoms with Gasteiger partial charge in [0.2, 0.25) is 11.4 Å². The number of nitrogens with zero attached hydrogens (tertiary/aromatic N) is 8. The molecular formula is C65H91IK2N8O11. The molecule has 10 atom stereocenters. The van der Waals surface area contributed by atoms with Gasteiger partial charge in [-0.15, -0.1) is 0 Å². The van der Waals surface area contributed by atoms with Crippen molar-refractivity contribution in [3.05, 3.63) is 80.6 Å². The molecule has 8 aliphatic rings. The number of carbonyl (C=O) groups excluding carboxylic acids is 3. The van der Waals surface area contributed by atoms with Gasteiger partial charge in [0.25, 0.3) is 17.6 Å². The number of carbonyl (C=O) groups is 3. The van der Waals surface area contributed by atoms with Crippen molar-refractivity contribution < 1.29 is 148 Å². The van der Waals surface area contributed by atoms with Crippen molar-refractivity contribution in [3.8, 4) is 0 Å². The molecule has 2 aromatic heterocycles. The molecular weight excluding hydrogens is 1270 g/mol. The smallest absolute Gasteiger partial charge is 1.00 e. The molecule has 87 heavy (non-hydrogen) atoms. The first-order valence-electron chi connectivity index (χ1n) is 32.1. The van der Waals surface area contributed by atoms with Gasteiger partial charge in [0.05, 0.1) is 35.3 Å². The van der Waals surface area contributed by atoms with Crippen LogP contribution in [0.3, 0.4) is 0 Å². The molecule has 1 N–H and O–H groups in total. The Morgan fingerprint density at radius 2 is 0.920 bits per heavy atom. The van der Waals surface area contributed by atoms with Crippen LogP contribution in [0, 0.1) is 23.7 Å². The van der Waals surface area contributed by atoms with Gasteiger partial charge in [0, 0.05) is 48.3 Å². The summed E-state index contributed by atoms with van der Waals surface area (Å²) in [6.45, 7) is 7.69. The van der Waals surface area contributed by atoms with Crippen molar-refractivity contribution in [1.29, 1.82) is 0 Å². The number of hydrogen-bond donors (Lipinski definition) is 1. The maximum Gasteiger partial charge on any atom is 1.00 e. The van der Waals surface area contributed by atoms with E-state index in [0.29, 0.717) is 47.3 Å². The van der Waals surface area contributed by atoms with E-state index in [1.165, 1.54) is 133 Å². The van der Waals surface area contributed by atoms with E-state index in [4.69, 9.17) is 24.4 Å². The number of ether oxygens (including phenoxy) is 2. The molecule has 4 saturated carbocycles. The van der Waals surface area contributed by atoms with Gasteiger partial charge in [0.1, 0.15) is 6.61 Å². The molecule has 4 aliphatic carbocycles. The van der Waals surface area contributed by atoms with Gasteiger partial charge in [0.15, 0.2) is 11.4 Å². The standard InChI is InChI=1S/C32H44N4O4.C30H40N4O4.C2H5I.CH2O3.2K.H/c1-3-39-32(38)30(34-40-4-2)29-31(37)36(28-15-8-7-14-27(28)33-29)26-19-23-12-9-13-24(20-26)35(23)25-17-21-10-5-6-11-22(16-21)18-25;1-2-38-30(36)28(32-37)27-29(35)34(26-13-6-5-12-25(26)31-27)24-17-21-10-7-11-22(18-24)33(21)23-15-19-8-3-4-9-20(14-19)16-23;1-2-3;2-1-4-3;;;/h7-8,14-15,21-26H,3-6,9-13,16-20H2,1-2H3;5-6,12-13,19-24,37H,2-4,7-11,14-18H2,1H3;2H2,1H3;1,3H;;;/q;;;;2*+1;-1/p-1/t21?,22?,23-,24+,25?,26?;19?,20?,21-,22+,23?,24?;;;;;. The van der Waals surface area contributed by atoms with E-state index in [2.05, 4.69) is 64.5 Å². The Morgan fingerprint density at radius 1 is 0.563 bits per heavy atom. The zero-order valence-corrected chi connectivity index (χ0v) is 60.8. The molecule has 8 bridgehead atoms. The Bertz CT molecular complexity index is 3050. The summed E-state index contributed by atoms with van der Waals surface area (Å²) in [5, 5.41) is 25.3. The quantitative estimate of drug-likeness (QED) is 0.0221. The van der Waals surface area contributed by atoms with Gasteiger partial charge in [-0.05, 0) is 163 Å². The number of esters is 2. The summed E-state index contributed by atoms with van der Waals surface area (Å²) in [5.41, 5.74) is 1.47. The monoisotopic (exact) mass is 1360 g/mol. The molecule has 6 heterocycles. The van der Waals surface area contributed by atoms with E-state index >= 15 is 0 Å². The SMILES string of the molecule is CCI.CCOC(=O)C(=NO)c1nc2ccccc2n(C2C[C@H]3CCC[C@@H](C2)N3C2CC3CCCCC(C3)C2)c1=O.CCON=C(C(=O)OCC)c1nc2ccccc2n(C2C[C@H]3CCC[C@@H](C2)N3C2CC3CCCCC(C3)C2)c1=O.O=CO[O-].[H-].[K+].[K+]. The molecule has 6 unspecified atom stereocenters. The van der Waals surface area contributed by atoms with Crippen LogP contribution in [0.1, 0.15) is 207 Å². The predicted molar refractivity (Wildman–Crippen MR) is 334 cm³/mol. The van der Waals surface area contributed by atoms with E-state index < -0.39 is 17.7 Å². The van der Waals surface area contributed by atoms with E-state index in [1.54, 1.807) is 20.8 Å². The minimum absolute atomic E-state index is 0. The van der Waals surface area contributed by atoms with Crippen LogP contribution in [0.15, 0.2) is 68.4 Å². The maximum absolute atomic E-state index is 14.2. The van der Waals surface area contributed by atoms with Crippen LogP contribution in [0.25, 0.3) is 22.1 Å². The van der Waals surface area contributed by atoms with Crippen molar-refractivity contribution in [3.63, 3.8) is 0 Å². The summed E-state index contributed by atoms with van der Waals surface area (Å²) in [5.74, 6) is 2.02. The fraction of sp³-hybridized carbons (Fsp3) is 0.677. The van der Waals surface area contributed by atoms with Crippen LogP contribution in [-0.2, 0) is 33.6 Å². The number of aromatic nitrogens is 4. The number of alkyl halides is 1. The molecule has 466 valence electrons. The van der Waals surface area contributed by atoms with Gasteiger partial charge in [-0.25, -0.2) is 19.6 Å². The number of hydrogen-bond acceptors (Lipinski definition) is 17. The van der Waals surface area contributed by atoms with Crippen molar-refractivity contribution in [2.24, 2.45) is 34.0 Å². The molecule has 2 aromatic carbocycles. The van der Waals surface area contributed by atoms with Crippen LogP contribution >= 0.6 is 22.6 Å². The zero-order valence-electron chi connectivity index (χ0n) is 53.4. The molecule has 0 radical (unpaired) electrons. The largest absolute Gasteiger partial charge is 1.00 e. The number of oxime groups is 2. The van der Waals surface area contributed by atoms with Crippen molar-refractivity contribution in [2.75, 3.05) is 24.2 Å². The minimum atomic E-state index is -0.841. The number of para-hydroxylation sites is 4. The molecule has 0 spiro atoms. The zero-order chi connectivity index (χ0) is 60.0. The Morgan fingerprint density at radius 3 is 1.26 bits per heavy atom. The van der Waals surface area contributed by atoms with Crippen molar-refractivity contribution in [1.82, 2.24) is 28.9 Å². The molecule has 19 nitrogen and oxygen atoms in total. The van der Waals surface area contributed by atoms with Crippen LogP contribution in [-0.4, -0.2) is 124 Å². The normalized spacial score (nSPS) is 28.7. The average Bonchev–Trinajstić information content (AvgIpc) is 0.887. The Hall–Kier alpha value is -2.05. The second-order valence-corrected chi connectivity index (χ2v) is 26.4. The van der Waals surface area contributed by atoms with Gasteiger partial charge in [-0.3, -0.25) is 24.2 Å². The van der Waals surface area contributed by atoms with E-state index in [1.807, 2.05) is 57.7 Å². The number of benzene rings is 2. The van der Waals surface area contributed by atoms with Gasteiger partial charge >= 0.3 is 115 Å². The first kappa shape index (κ1) is 72.4. The van der Waals surface area contributed by atoms with Crippen LogP contribution in [0.4, 0.5) is 0 Å². The van der Waals surface area contributed by atoms with Crippen LogP contribution in [0.2, 0.25) is 0 Å². The van der Waals surface area contributed by atoms with Crippen molar-refractivity contribution in [2.45, 2.75) is 230 Å². The van der Waals surface area contributed by atoms with E-state index in [9.17, 15) is 24.4 Å². The average molecular weight is 1370 g/mol. The van der Waals surface area contributed by atoms with E-state index in [-0.39, 0.29) is 171 Å². The Labute approximate surface area is 613 Å². The number of rotatable bonds is 13. The Balaban J connectivity index is 0.000000247. The third-order valence-corrected chi connectivity index (χ3v) is 19.7. The summed E-state index contributed by atoms with van der Waals surface area (Å²) in [6, 6.07) is 18.7. The van der Waals surface area contributed by atoms with Gasteiger partial charge < -0.3 is 40.2 Å². The summed E-state index contributed by atoms with van der Waals surface area (Å²) in [6.07, 6.45) is 30.5. The molecule has 4 saturated heterocycles. The molecule has 4 aliphatic heterocycles. The first-order chi connectivity index (χ1) is 41.5.